The van der Waals surface area contributed by atoms with Gasteiger partial charge in [-0.25, -0.2) is 14.2 Å². The van der Waals surface area contributed by atoms with Gasteiger partial charge < -0.3 is 10.2 Å². The molecule has 0 saturated carbocycles. The summed E-state index contributed by atoms with van der Waals surface area (Å²) in [6, 6.07) is 14.0. The molecule has 0 spiro atoms. The summed E-state index contributed by atoms with van der Waals surface area (Å²) < 4.78 is 15.9. The maximum atomic E-state index is 14.3. The average molecular weight is 466 g/mol. The number of halogens is 1. The number of carbonyl (C=O) groups is 2. The van der Waals surface area contributed by atoms with E-state index in [0.717, 1.165) is 5.56 Å². The van der Waals surface area contributed by atoms with Crippen molar-refractivity contribution in [1.82, 2.24) is 19.8 Å². The van der Waals surface area contributed by atoms with Crippen LogP contribution in [0.4, 0.5) is 15.1 Å². The molecule has 0 aliphatic carbocycles. The Hall–Kier alpha value is -3.68. The minimum absolute atomic E-state index is 0.0472. The number of nitrogens with zero attached hydrogens (tertiary/aromatic N) is 3. The van der Waals surface area contributed by atoms with Gasteiger partial charge in [0, 0.05) is 24.3 Å². The van der Waals surface area contributed by atoms with Crippen LogP contribution in [0.2, 0.25) is 0 Å². The van der Waals surface area contributed by atoms with Crippen molar-refractivity contribution >= 4 is 17.9 Å². The fourth-order valence-electron chi connectivity index (χ4n) is 3.48. The number of carbonyl (C=O) groups excluding carboxylic acids is 2. The molecule has 0 fully saturated rings. The van der Waals surface area contributed by atoms with Crippen LogP contribution in [0.1, 0.15) is 33.3 Å². The first-order chi connectivity index (χ1) is 16.1. The van der Waals surface area contributed by atoms with E-state index in [0.29, 0.717) is 23.5 Å². The van der Waals surface area contributed by atoms with Crippen molar-refractivity contribution in [2.75, 3.05) is 18.4 Å². The highest BCUT2D eigenvalue weighted by Crippen LogP contribution is 2.25. The lowest BCUT2D eigenvalue weighted by Gasteiger charge is -2.25. The zero-order valence-electron chi connectivity index (χ0n) is 20.3. The van der Waals surface area contributed by atoms with E-state index in [1.54, 1.807) is 29.8 Å². The SMILES string of the molecule is Cc1ccc(-n2cc(-c3ccccc3)nc2NC(=O)CN(CC(C)C)C(=O)NC(C)C)cc1F. The third kappa shape index (κ3) is 6.43. The van der Waals surface area contributed by atoms with E-state index in [4.69, 9.17) is 0 Å². The summed E-state index contributed by atoms with van der Waals surface area (Å²) in [5.41, 5.74) is 2.55. The summed E-state index contributed by atoms with van der Waals surface area (Å²) in [4.78, 5) is 31.7. The zero-order valence-corrected chi connectivity index (χ0v) is 20.3. The number of nitrogens with one attached hydrogen (secondary N) is 2. The number of hydrogen-bond donors (Lipinski definition) is 2. The van der Waals surface area contributed by atoms with Crippen molar-refractivity contribution < 1.29 is 14.0 Å². The van der Waals surface area contributed by atoms with Gasteiger partial charge in [0.1, 0.15) is 12.4 Å². The van der Waals surface area contributed by atoms with Crippen molar-refractivity contribution in [2.24, 2.45) is 5.92 Å². The van der Waals surface area contributed by atoms with Crippen LogP contribution in [-0.4, -0.2) is 45.5 Å². The molecule has 3 aromatic rings. The van der Waals surface area contributed by atoms with Gasteiger partial charge in [-0.05, 0) is 44.4 Å². The Labute approximate surface area is 200 Å². The van der Waals surface area contributed by atoms with Crippen molar-refractivity contribution in [1.29, 1.82) is 0 Å². The number of imidazole rings is 1. The number of hydrogen-bond acceptors (Lipinski definition) is 3. The maximum Gasteiger partial charge on any atom is 0.318 e. The van der Waals surface area contributed by atoms with Crippen molar-refractivity contribution in [3.63, 3.8) is 0 Å². The van der Waals surface area contributed by atoms with Crippen LogP contribution < -0.4 is 10.6 Å². The molecule has 180 valence electrons. The largest absolute Gasteiger partial charge is 0.336 e. The number of amides is 3. The molecule has 0 unspecified atom stereocenters. The minimum atomic E-state index is -0.390. The minimum Gasteiger partial charge on any atom is -0.336 e. The van der Waals surface area contributed by atoms with Crippen LogP contribution in [0.25, 0.3) is 16.9 Å². The van der Waals surface area contributed by atoms with E-state index in [2.05, 4.69) is 15.6 Å². The molecule has 1 aromatic heterocycles. The zero-order chi connectivity index (χ0) is 24.8. The molecule has 0 bridgehead atoms. The van der Waals surface area contributed by atoms with Crippen LogP contribution in [0.3, 0.4) is 0 Å². The van der Waals surface area contributed by atoms with Gasteiger partial charge in [0.15, 0.2) is 0 Å². The highest BCUT2D eigenvalue weighted by molar-refractivity contribution is 5.93. The standard InChI is InChI=1S/C26H32FN5O2/c1-17(2)14-31(26(34)28-18(3)4)16-24(33)30-25-29-23(20-9-7-6-8-10-20)15-32(25)21-12-11-19(5)22(27)13-21/h6-13,15,17-18H,14,16H2,1-5H3,(H,28,34)(H,29,30,33). The number of benzene rings is 2. The quantitative estimate of drug-likeness (QED) is 0.491. The molecule has 0 aliphatic rings. The van der Waals surface area contributed by atoms with Gasteiger partial charge >= 0.3 is 6.03 Å². The summed E-state index contributed by atoms with van der Waals surface area (Å²) >= 11 is 0. The highest BCUT2D eigenvalue weighted by atomic mass is 19.1. The van der Waals surface area contributed by atoms with Gasteiger partial charge in [0.2, 0.25) is 11.9 Å². The molecule has 1 heterocycles. The molecular weight excluding hydrogens is 433 g/mol. The van der Waals surface area contributed by atoms with Gasteiger partial charge in [-0.3, -0.25) is 14.7 Å². The van der Waals surface area contributed by atoms with E-state index in [9.17, 15) is 14.0 Å². The normalized spacial score (nSPS) is 11.1. The fraction of sp³-hybridized carbons (Fsp3) is 0.346. The number of aromatic nitrogens is 2. The predicted octanol–water partition coefficient (Wildman–Crippen LogP) is 5.00. The van der Waals surface area contributed by atoms with Crippen LogP contribution >= 0.6 is 0 Å². The highest BCUT2D eigenvalue weighted by Gasteiger charge is 2.21. The molecule has 0 saturated heterocycles. The molecule has 2 N–H and O–H groups in total. The monoisotopic (exact) mass is 465 g/mol. The van der Waals surface area contributed by atoms with Gasteiger partial charge in [-0.1, -0.05) is 50.2 Å². The molecule has 0 aliphatic heterocycles. The summed E-state index contributed by atoms with van der Waals surface area (Å²) in [7, 11) is 0. The number of anilines is 1. The van der Waals surface area contributed by atoms with E-state index in [1.807, 2.05) is 58.0 Å². The van der Waals surface area contributed by atoms with Crippen molar-refractivity contribution in [3.05, 3.63) is 66.1 Å². The topological polar surface area (TPSA) is 79.3 Å². The lowest BCUT2D eigenvalue weighted by molar-refractivity contribution is -0.116. The maximum absolute atomic E-state index is 14.3. The van der Waals surface area contributed by atoms with Gasteiger partial charge in [-0.2, -0.15) is 0 Å². The van der Waals surface area contributed by atoms with Crippen LogP contribution in [0.5, 0.6) is 0 Å². The molecule has 34 heavy (non-hydrogen) atoms. The lowest BCUT2D eigenvalue weighted by atomic mass is 10.2. The molecular formula is C26H32FN5O2. The first-order valence-corrected chi connectivity index (χ1v) is 11.4. The molecule has 0 radical (unpaired) electrons. The first-order valence-electron chi connectivity index (χ1n) is 11.4. The van der Waals surface area contributed by atoms with E-state index < -0.39 is 5.91 Å². The third-order valence-electron chi connectivity index (χ3n) is 5.08. The third-order valence-corrected chi connectivity index (χ3v) is 5.08. The van der Waals surface area contributed by atoms with Crippen LogP contribution in [-0.2, 0) is 4.79 Å². The van der Waals surface area contributed by atoms with Crippen molar-refractivity contribution in [3.8, 4) is 16.9 Å². The van der Waals surface area contributed by atoms with Gasteiger partial charge in [0.25, 0.3) is 0 Å². The number of aryl methyl sites for hydroxylation is 1. The summed E-state index contributed by atoms with van der Waals surface area (Å²) in [5, 5.41) is 5.65. The second kappa shape index (κ2) is 11.0. The second-order valence-electron chi connectivity index (χ2n) is 9.05. The Kier molecular flexibility index (Phi) is 8.04. The predicted molar refractivity (Wildman–Crippen MR) is 132 cm³/mol. The van der Waals surface area contributed by atoms with Gasteiger partial charge in [0.05, 0.1) is 11.4 Å². The Morgan fingerprint density at radius 1 is 1.09 bits per heavy atom. The summed E-state index contributed by atoms with van der Waals surface area (Å²) in [6.07, 6.45) is 1.76. The van der Waals surface area contributed by atoms with E-state index >= 15 is 0 Å². The van der Waals surface area contributed by atoms with Gasteiger partial charge in [-0.15, -0.1) is 0 Å². The van der Waals surface area contributed by atoms with E-state index in [-0.39, 0.29) is 36.3 Å². The first kappa shape index (κ1) is 25.0. The Balaban J connectivity index is 1.90. The molecule has 8 heteroatoms. The summed E-state index contributed by atoms with van der Waals surface area (Å²) in [5.74, 6) is -0.300. The lowest BCUT2D eigenvalue weighted by Crippen LogP contribution is -2.47. The molecule has 7 nitrogen and oxygen atoms in total. The molecule has 3 rings (SSSR count). The number of rotatable bonds is 8. The number of urea groups is 1. The Morgan fingerprint density at radius 3 is 2.41 bits per heavy atom. The van der Waals surface area contributed by atoms with E-state index in [1.165, 1.54) is 11.0 Å². The Morgan fingerprint density at radius 2 is 1.79 bits per heavy atom. The smallest absolute Gasteiger partial charge is 0.318 e. The Bertz CT molecular complexity index is 1140. The average Bonchev–Trinajstić information content (AvgIpc) is 3.18. The molecule has 0 atom stereocenters. The summed E-state index contributed by atoms with van der Waals surface area (Å²) in [6.45, 7) is 9.70. The van der Waals surface area contributed by atoms with Crippen LogP contribution in [0, 0.1) is 18.7 Å². The van der Waals surface area contributed by atoms with Crippen LogP contribution in [0.15, 0.2) is 54.7 Å². The fourth-order valence-corrected chi connectivity index (χ4v) is 3.48. The molecule has 2 aromatic carbocycles. The molecule has 3 amide bonds. The van der Waals surface area contributed by atoms with Crippen molar-refractivity contribution in [2.45, 2.75) is 40.7 Å². The second-order valence-corrected chi connectivity index (χ2v) is 9.05.